The van der Waals surface area contributed by atoms with E-state index in [0.717, 1.165) is 23.3 Å². The van der Waals surface area contributed by atoms with E-state index in [4.69, 9.17) is 4.74 Å². The lowest BCUT2D eigenvalue weighted by molar-refractivity contribution is -0.138. The van der Waals surface area contributed by atoms with Crippen molar-refractivity contribution < 1.29 is 31.9 Å². The van der Waals surface area contributed by atoms with E-state index in [9.17, 15) is 27.2 Å². The molecule has 0 atom stereocenters. The second kappa shape index (κ2) is 11.7. The predicted octanol–water partition coefficient (Wildman–Crippen LogP) is 6.22. The summed E-state index contributed by atoms with van der Waals surface area (Å²) >= 11 is 0. The Morgan fingerprint density at radius 1 is 0.868 bits per heavy atom. The highest BCUT2D eigenvalue weighted by molar-refractivity contribution is 5.76. The number of piperidine rings is 1. The van der Waals surface area contributed by atoms with Gasteiger partial charge in [-0.05, 0) is 47.4 Å². The largest absolute Gasteiger partial charge is 0.438 e. The Hall–Kier alpha value is -3.88. The third-order valence-electron chi connectivity index (χ3n) is 6.77. The zero-order valence-electron chi connectivity index (χ0n) is 20.6. The lowest BCUT2D eigenvalue weighted by atomic mass is 9.84. The maximum atomic E-state index is 13.1. The topological polar surface area (TPSA) is 58.6 Å². The summed E-state index contributed by atoms with van der Waals surface area (Å²) in [4.78, 5) is 27.3. The van der Waals surface area contributed by atoms with Crippen LogP contribution in [0.3, 0.4) is 0 Å². The van der Waals surface area contributed by atoms with Crippen molar-refractivity contribution >= 4 is 12.0 Å². The summed E-state index contributed by atoms with van der Waals surface area (Å²) in [5.41, 5.74) is 0.488. The molecular weight excluding hydrogens is 500 g/mol. The van der Waals surface area contributed by atoms with Gasteiger partial charge in [-0.1, -0.05) is 54.6 Å². The molecule has 38 heavy (non-hydrogen) atoms. The van der Waals surface area contributed by atoms with Gasteiger partial charge < -0.3 is 15.0 Å². The van der Waals surface area contributed by atoms with E-state index in [0.29, 0.717) is 44.3 Å². The van der Waals surface area contributed by atoms with Crippen molar-refractivity contribution in [2.45, 2.75) is 44.0 Å². The zero-order chi connectivity index (χ0) is 27.2. The minimum Gasteiger partial charge on any atom is -0.438 e. The van der Waals surface area contributed by atoms with Crippen LogP contribution in [0.15, 0.2) is 78.9 Å². The van der Waals surface area contributed by atoms with E-state index in [1.54, 1.807) is 17.0 Å². The fourth-order valence-corrected chi connectivity index (χ4v) is 4.57. The van der Waals surface area contributed by atoms with Gasteiger partial charge >= 0.3 is 12.3 Å². The molecule has 0 aromatic heterocycles. The van der Waals surface area contributed by atoms with Crippen molar-refractivity contribution in [1.29, 1.82) is 0 Å². The van der Waals surface area contributed by atoms with E-state index in [1.165, 1.54) is 24.3 Å². The SMILES string of the molecule is O=C(NCc1ccc(C(F)(F)F)cc1)OC1(c2ccccc2)CCN(C(=O)CCc2ccc(F)cc2)CC1. The van der Waals surface area contributed by atoms with E-state index < -0.39 is 23.4 Å². The summed E-state index contributed by atoms with van der Waals surface area (Å²) in [6.45, 7) is 0.794. The molecule has 5 nitrogen and oxygen atoms in total. The Morgan fingerprint density at radius 2 is 1.47 bits per heavy atom. The first-order chi connectivity index (χ1) is 18.1. The summed E-state index contributed by atoms with van der Waals surface area (Å²) in [7, 11) is 0. The molecule has 9 heteroatoms. The van der Waals surface area contributed by atoms with Crippen molar-refractivity contribution in [3.63, 3.8) is 0 Å². The number of alkyl halides is 3. The molecule has 1 fully saturated rings. The molecule has 200 valence electrons. The highest BCUT2D eigenvalue weighted by Gasteiger charge is 2.41. The van der Waals surface area contributed by atoms with Gasteiger partial charge in [0.05, 0.1) is 5.56 Å². The second-order valence-corrected chi connectivity index (χ2v) is 9.31. The van der Waals surface area contributed by atoms with E-state index in [2.05, 4.69) is 5.32 Å². The number of carbonyl (C=O) groups is 2. The molecule has 0 saturated carbocycles. The molecule has 1 aliphatic heterocycles. The van der Waals surface area contributed by atoms with Crippen molar-refractivity contribution in [2.24, 2.45) is 0 Å². The molecule has 1 saturated heterocycles. The van der Waals surface area contributed by atoms with E-state index in [-0.39, 0.29) is 18.3 Å². The molecule has 1 N–H and O–H groups in total. The monoisotopic (exact) mass is 528 g/mol. The Bertz CT molecular complexity index is 1220. The van der Waals surface area contributed by atoms with Gasteiger partial charge in [0.15, 0.2) is 0 Å². The number of rotatable bonds is 7. The van der Waals surface area contributed by atoms with Gasteiger partial charge in [0.2, 0.25) is 5.91 Å². The molecule has 0 unspecified atom stereocenters. The quantitative estimate of drug-likeness (QED) is 0.371. The van der Waals surface area contributed by atoms with Gasteiger partial charge in [-0.2, -0.15) is 13.2 Å². The summed E-state index contributed by atoms with van der Waals surface area (Å²) < 4.78 is 57.4. The maximum absolute atomic E-state index is 13.1. The number of amides is 2. The van der Waals surface area contributed by atoms with Gasteiger partial charge in [-0.25, -0.2) is 9.18 Å². The van der Waals surface area contributed by atoms with Crippen LogP contribution in [0.4, 0.5) is 22.4 Å². The van der Waals surface area contributed by atoms with Gasteiger partial charge in [0.1, 0.15) is 11.4 Å². The summed E-state index contributed by atoms with van der Waals surface area (Å²) in [5.74, 6) is -0.348. The molecule has 2 amide bonds. The number of hydrogen-bond acceptors (Lipinski definition) is 3. The lowest BCUT2D eigenvalue weighted by Crippen LogP contribution is -2.48. The number of ether oxygens (including phenoxy) is 1. The van der Waals surface area contributed by atoms with Gasteiger partial charge in [-0.15, -0.1) is 0 Å². The molecule has 3 aromatic rings. The van der Waals surface area contributed by atoms with Crippen LogP contribution in [0, 0.1) is 5.82 Å². The molecule has 3 aromatic carbocycles. The Balaban J connectivity index is 1.36. The smallest absolute Gasteiger partial charge is 0.416 e. The summed E-state index contributed by atoms with van der Waals surface area (Å²) in [5, 5.41) is 2.63. The summed E-state index contributed by atoms with van der Waals surface area (Å²) in [6, 6.07) is 19.9. The van der Waals surface area contributed by atoms with E-state index in [1.807, 2.05) is 30.3 Å². The minimum atomic E-state index is -4.43. The highest BCUT2D eigenvalue weighted by Crippen LogP contribution is 2.37. The van der Waals surface area contributed by atoms with Crippen LogP contribution in [0.5, 0.6) is 0 Å². The van der Waals surface area contributed by atoms with Crippen LogP contribution < -0.4 is 5.32 Å². The lowest BCUT2D eigenvalue weighted by Gasteiger charge is -2.41. The molecule has 0 radical (unpaired) electrons. The predicted molar refractivity (Wildman–Crippen MR) is 133 cm³/mol. The molecule has 0 spiro atoms. The number of alkyl carbamates (subject to hydrolysis) is 1. The van der Waals surface area contributed by atoms with Crippen molar-refractivity contribution in [2.75, 3.05) is 13.1 Å². The van der Waals surface area contributed by atoms with Crippen LogP contribution in [0.2, 0.25) is 0 Å². The third-order valence-corrected chi connectivity index (χ3v) is 6.77. The average molecular weight is 529 g/mol. The van der Waals surface area contributed by atoms with Crippen LogP contribution in [-0.4, -0.2) is 30.0 Å². The number of benzene rings is 3. The molecule has 1 aliphatic rings. The fourth-order valence-electron chi connectivity index (χ4n) is 4.57. The molecule has 4 rings (SSSR count). The van der Waals surface area contributed by atoms with Gasteiger partial charge in [0, 0.05) is 38.9 Å². The fraction of sp³-hybridized carbons (Fsp3) is 0.310. The number of nitrogens with one attached hydrogen (secondary N) is 1. The van der Waals surface area contributed by atoms with Gasteiger partial charge in [-0.3, -0.25) is 4.79 Å². The van der Waals surface area contributed by atoms with Crippen LogP contribution in [0.1, 0.15) is 41.5 Å². The average Bonchev–Trinajstić information content (AvgIpc) is 2.92. The second-order valence-electron chi connectivity index (χ2n) is 9.31. The minimum absolute atomic E-state index is 0.00976. The Morgan fingerprint density at radius 3 is 2.08 bits per heavy atom. The highest BCUT2D eigenvalue weighted by atomic mass is 19.4. The van der Waals surface area contributed by atoms with Crippen LogP contribution >= 0.6 is 0 Å². The molecular formula is C29H28F4N2O3. The number of aryl methyl sites for hydroxylation is 1. The van der Waals surface area contributed by atoms with Crippen LogP contribution in [0.25, 0.3) is 0 Å². The van der Waals surface area contributed by atoms with Crippen molar-refractivity contribution in [3.05, 3.63) is 107 Å². The molecule has 1 heterocycles. The number of carbonyl (C=O) groups excluding carboxylic acids is 2. The number of likely N-dealkylation sites (tertiary alicyclic amines) is 1. The number of hydrogen-bond donors (Lipinski definition) is 1. The van der Waals surface area contributed by atoms with Crippen molar-refractivity contribution in [3.8, 4) is 0 Å². The third kappa shape index (κ3) is 6.90. The van der Waals surface area contributed by atoms with Gasteiger partial charge in [0.25, 0.3) is 0 Å². The first kappa shape index (κ1) is 27.2. The standard InChI is InChI=1S/C29H28F4N2O3/c30-25-13-8-21(9-14-25)10-15-26(36)35-18-16-28(17-19-35,23-4-2-1-3-5-23)38-27(37)34-20-22-6-11-24(12-7-22)29(31,32)33/h1-9,11-14H,10,15-20H2,(H,34,37). The first-order valence-corrected chi connectivity index (χ1v) is 12.4. The first-order valence-electron chi connectivity index (χ1n) is 12.4. The van der Waals surface area contributed by atoms with Crippen molar-refractivity contribution in [1.82, 2.24) is 10.2 Å². The molecule has 0 bridgehead atoms. The van der Waals surface area contributed by atoms with E-state index >= 15 is 0 Å². The Labute approximate surface area is 218 Å². The molecule has 0 aliphatic carbocycles. The summed E-state index contributed by atoms with van der Waals surface area (Å²) in [6.07, 6.45) is -3.53. The Kier molecular flexibility index (Phi) is 8.34. The van der Waals surface area contributed by atoms with Crippen LogP contribution in [-0.2, 0) is 34.3 Å². The number of nitrogens with zero attached hydrogens (tertiary/aromatic N) is 1. The zero-order valence-corrected chi connectivity index (χ0v) is 20.6. The number of halogens is 4. The normalized spacial score (nSPS) is 15.1. The maximum Gasteiger partial charge on any atom is 0.416 e.